The zero-order chi connectivity index (χ0) is 15.4. The van der Waals surface area contributed by atoms with Gasteiger partial charge in [0.25, 0.3) is 0 Å². The van der Waals surface area contributed by atoms with E-state index in [1.807, 2.05) is 6.92 Å². The van der Waals surface area contributed by atoms with E-state index in [2.05, 4.69) is 5.32 Å². The van der Waals surface area contributed by atoms with Crippen molar-refractivity contribution in [2.45, 2.75) is 38.6 Å². The SMILES string of the molecule is CC[C@@H](C(=O)N1CCCNC(=O)[C@@H]1C)c1ccc(F)cc1. The second-order valence-corrected chi connectivity index (χ2v) is 5.36. The first-order valence-electron chi connectivity index (χ1n) is 7.38. The van der Waals surface area contributed by atoms with Gasteiger partial charge in [0.2, 0.25) is 11.8 Å². The molecule has 2 rings (SSSR count). The third-order valence-electron chi connectivity index (χ3n) is 3.98. The average Bonchev–Trinajstić information content (AvgIpc) is 2.64. The van der Waals surface area contributed by atoms with Crippen LogP contribution in [-0.4, -0.2) is 35.8 Å². The monoisotopic (exact) mass is 292 g/mol. The van der Waals surface area contributed by atoms with Crippen LogP contribution < -0.4 is 5.32 Å². The molecule has 1 aromatic rings. The molecule has 0 bridgehead atoms. The molecule has 4 nitrogen and oxygen atoms in total. The van der Waals surface area contributed by atoms with Crippen molar-refractivity contribution >= 4 is 11.8 Å². The molecule has 1 aromatic carbocycles. The Hall–Kier alpha value is -1.91. The van der Waals surface area contributed by atoms with Crippen LogP contribution in [0.4, 0.5) is 4.39 Å². The Morgan fingerprint density at radius 1 is 1.43 bits per heavy atom. The summed E-state index contributed by atoms with van der Waals surface area (Å²) in [6.45, 7) is 4.83. The minimum Gasteiger partial charge on any atom is -0.354 e. The number of rotatable bonds is 3. The molecule has 5 heteroatoms. The molecule has 1 aliphatic rings. The van der Waals surface area contributed by atoms with Crippen LogP contribution in [0.25, 0.3) is 0 Å². The highest BCUT2D eigenvalue weighted by Crippen LogP contribution is 2.24. The van der Waals surface area contributed by atoms with Gasteiger partial charge in [-0.1, -0.05) is 19.1 Å². The van der Waals surface area contributed by atoms with Crippen LogP contribution >= 0.6 is 0 Å². The van der Waals surface area contributed by atoms with E-state index in [9.17, 15) is 14.0 Å². The summed E-state index contributed by atoms with van der Waals surface area (Å²) in [5, 5.41) is 2.80. The van der Waals surface area contributed by atoms with E-state index in [4.69, 9.17) is 0 Å². The number of hydrogen-bond donors (Lipinski definition) is 1. The fraction of sp³-hybridized carbons (Fsp3) is 0.500. The van der Waals surface area contributed by atoms with Crippen LogP contribution in [0.5, 0.6) is 0 Å². The zero-order valence-electron chi connectivity index (χ0n) is 12.4. The minimum absolute atomic E-state index is 0.0614. The van der Waals surface area contributed by atoms with E-state index in [0.29, 0.717) is 19.5 Å². The van der Waals surface area contributed by atoms with Crippen molar-refractivity contribution in [2.75, 3.05) is 13.1 Å². The Morgan fingerprint density at radius 3 is 2.71 bits per heavy atom. The van der Waals surface area contributed by atoms with Gasteiger partial charge in [0.15, 0.2) is 0 Å². The van der Waals surface area contributed by atoms with Gasteiger partial charge >= 0.3 is 0 Å². The second-order valence-electron chi connectivity index (χ2n) is 5.36. The van der Waals surface area contributed by atoms with E-state index in [-0.39, 0.29) is 23.5 Å². The molecule has 1 fully saturated rings. The molecule has 2 amide bonds. The first kappa shape index (κ1) is 15.5. The van der Waals surface area contributed by atoms with E-state index in [1.54, 1.807) is 24.0 Å². The van der Waals surface area contributed by atoms with Gasteiger partial charge in [0.1, 0.15) is 11.9 Å². The van der Waals surface area contributed by atoms with Gasteiger partial charge in [-0.3, -0.25) is 9.59 Å². The summed E-state index contributed by atoms with van der Waals surface area (Å²) in [5.74, 6) is -0.828. The van der Waals surface area contributed by atoms with E-state index >= 15 is 0 Å². The van der Waals surface area contributed by atoms with Crippen LogP contribution in [-0.2, 0) is 9.59 Å². The highest BCUT2D eigenvalue weighted by Gasteiger charge is 2.32. The van der Waals surface area contributed by atoms with E-state index in [1.165, 1.54) is 12.1 Å². The van der Waals surface area contributed by atoms with Gasteiger partial charge in [-0.2, -0.15) is 0 Å². The molecule has 0 saturated carbocycles. The summed E-state index contributed by atoms with van der Waals surface area (Å²) < 4.78 is 13.0. The molecule has 0 aliphatic carbocycles. The quantitative estimate of drug-likeness (QED) is 0.927. The first-order valence-corrected chi connectivity index (χ1v) is 7.38. The summed E-state index contributed by atoms with van der Waals surface area (Å²) >= 11 is 0. The Labute approximate surface area is 124 Å². The molecule has 1 heterocycles. The maximum Gasteiger partial charge on any atom is 0.242 e. The third-order valence-corrected chi connectivity index (χ3v) is 3.98. The average molecular weight is 292 g/mol. The number of halogens is 1. The lowest BCUT2D eigenvalue weighted by Gasteiger charge is -2.29. The first-order chi connectivity index (χ1) is 10.0. The van der Waals surface area contributed by atoms with Crippen LogP contribution in [0, 0.1) is 5.82 Å². The highest BCUT2D eigenvalue weighted by atomic mass is 19.1. The Bertz CT molecular complexity index is 516. The lowest BCUT2D eigenvalue weighted by molar-refractivity contribution is -0.140. The van der Waals surface area contributed by atoms with Crippen molar-refractivity contribution < 1.29 is 14.0 Å². The van der Waals surface area contributed by atoms with Gasteiger partial charge in [-0.25, -0.2) is 4.39 Å². The van der Waals surface area contributed by atoms with Gasteiger partial charge < -0.3 is 10.2 Å². The van der Waals surface area contributed by atoms with Crippen LogP contribution in [0.3, 0.4) is 0 Å². The summed E-state index contributed by atoms with van der Waals surface area (Å²) in [7, 11) is 0. The molecule has 0 aromatic heterocycles. The molecular formula is C16H21FN2O2. The molecule has 21 heavy (non-hydrogen) atoms. The standard InChI is InChI=1S/C16H21FN2O2/c1-3-14(12-5-7-13(17)8-6-12)16(21)19-10-4-9-18-15(20)11(19)2/h5-8,11,14H,3-4,9-10H2,1-2H3,(H,18,20)/t11-,14+/m0/s1. The fourth-order valence-corrected chi connectivity index (χ4v) is 2.69. The number of hydrogen-bond acceptors (Lipinski definition) is 2. The Morgan fingerprint density at radius 2 is 2.10 bits per heavy atom. The molecule has 1 saturated heterocycles. The van der Waals surface area contributed by atoms with Crippen molar-refractivity contribution in [1.29, 1.82) is 0 Å². The Balaban J connectivity index is 2.22. The van der Waals surface area contributed by atoms with Crippen molar-refractivity contribution in [3.8, 4) is 0 Å². The normalized spacial score (nSPS) is 20.6. The van der Waals surface area contributed by atoms with E-state index < -0.39 is 6.04 Å². The third kappa shape index (κ3) is 3.40. The summed E-state index contributed by atoms with van der Waals surface area (Å²) in [6, 6.07) is 5.55. The lowest BCUT2D eigenvalue weighted by Crippen LogP contribution is -2.47. The number of carbonyl (C=O) groups excluding carboxylic acids is 2. The van der Waals surface area contributed by atoms with Gasteiger partial charge in [0.05, 0.1) is 5.92 Å². The summed E-state index contributed by atoms with van der Waals surface area (Å²) in [5.41, 5.74) is 0.792. The zero-order valence-corrected chi connectivity index (χ0v) is 12.4. The summed E-state index contributed by atoms with van der Waals surface area (Å²) in [4.78, 5) is 26.3. The second kappa shape index (κ2) is 6.70. The number of nitrogens with zero attached hydrogens (tertiary/aromatic N) is 1. The highest BCUT2D eigenvalue weighted by molar-refractivity contribution is 5.90. The molecule has 0 radical (unpaired) electrons. The number of nitrogens with one attached hydrogen (secondary N) is 1. The maximum absolute atomic E-state index is 13.0. The number of carbonyl (C=O) groups is 2. The van der Waals surface area contributed by atoms with Gasteiger partial charge in [-0.15, -0.1) is 0 Å². The summed E-state index contributed by atoms with van der Waals surface area (Å²) in [6.07, 6.45) is 1.37. The molecule has 0 spiro atoms. The van der Waals surface area contributed by atoms with Gasteiger partial charge in [-0.05, 0) is 37.5 Å². The molecule has 114 valence electrons. The molecule has 1 aliphatic heterocycles. The molecule has 2 atom stereocenters. The number of amides is 2. The van der Waals surface area contributed by atoms with E-state index in [0.717, 1.165) is 12.0 Å². The maximum atomic E-state index is 13.0. The minimum atomic E-state index is -0.463. The van der Waals surface area contributed by atoms with Crippen molar-refractivity contribution in [3.63, 3.8) is 0 Å². The number of benzene rings is 1. The smallest absolute Gasteiger partial charge is 0.242 e. The van der Waals surface area contributed by atoms with Gasteiger partial charge in [0, 0.05) is 13.1 Å². The molecule has 0 unspecified atom stereocenters. The molecular weight excluding hydrogens is 271 g/mol. The van der Waals surface area contributed by atoms with Crippen molar-refractivity contribution in [3.05, 3.63) is 35.6 Å². The predicted molar refractivity (Wildman–Crippen MR) is 78.2 cm³/mol. The van der Waals surface area contributed by atoms with Crippen LogP contribution in [0.15, 0.2) is 24.3 Å². The topological polar surface area (TPSA) is 49.4 Å². The largest absolute Gasteiger partial charge is 0.354 e. The predicted octanol–water partition coefficient (Wildman–Crippen LogP) is 2.06. The van der Waals surface area contributed by atoms with Crippen LogP contribution in [0.1, 0.15) is 38.2 Å². The molecule has 1 N–H and O–H groups in total. The lowest BCUT2D eigenvalue weighted by atomic mass is 9.94. The Kier molecular flexibility index (Phi) is 4.94. The van der Waals surface area contributed by atoms with Crippen LogP contribution in [0.2, 0.25) is 0 Å². The fourth-order valence-electron chi connectivity index (χ4n) is 2.69. The van der Waals surface area contributed by atoms with Crippen molar-refractivity contribution in [2.24, 2.45) is 0 Å². The van der Waals surface area contributed by atoms with Crippen molar-refractivity contribution in [1.82, 2.24) is 10.2 Å².